The lowest BCUT2D eigenvalue weighted by molar-refractivity contribution is 0.0526. The largest absolute Gasteiger partial charge is 0.462 e. The van der Waals surface area contributed by atoms with E-state index in [2.05, 4.69) is 25.9 Å². The average Bonchev–Trinajstić information content (AvgIpc) is 2.57. The lowest BCUT2D eigenvalue weighted by Gasteiger charge is -1.99. The van der Waals surface area contributed by atoms with Crippen LogP contribution in [0.2, 0.25) is 0 Å². The Morgan fingerprint density at radius 1 is 1.67 bits per heavy atom. The smallest absolute Gasteiger partial charge is 0.339 e. The van der Waals surface area contributed by atoms with Gasteiger partial charge < -0.3 is 4.74 Å². The van der Waals surface area contributed by atoms with Crippen LogP contribution in [-0.4, -0.2) is 22.5 Å². The van der Waals surface area contributed by atoms with Crippen molar-refractivity contribution in [2.75, 3.05) is 6.61 Å². The zero-order valence-corrected chi connectivity index (χ0v) is 10.3. The number of fused-ring (bicyclic) bond motifs is 1. The molecule has 0 saturated carbocycles. The second kappa shape index (κ2) is 4.24. The molecule has 2 aromatic rings. The van der Waals surface area contributed by atoms with Crippen LogP contribution in [0.3, 0.4) is 0 Å². The Hall–Kier alpha value is -1.01. The Morgan fingerprint density at radius 2 is 2.47 bits per heavy atom. The van der Waals surface area contributed by atoms with Crippen molar-refractivity contribution in [3.8, 4) is 0 Å². The quantitative estimate of drug-likeness (QED) is 0.797. The molecule has 2 rings (SSSR count). The Balaban J connectivity index is 2.41. The highest BCUT2D eigenvalue weighted by Gasteiger charge is 2.10. The fraction of sp³-hybridized carbons (Fsp3) is 0.222. The van der Waals surface area contributed by atoms with E-state index < -0.39 is 0 Å². The number of pyridine rings is 1. The van der Waals surface area contributed by atoms with Crippen LogP contribution >= 0.6 is 27.3 Å². The van der Waals surface area contributed by atoms with Gasteiger partial charge in [0.15, 0.2) is 9.56 Å². The van der Waals surface area contributed by atoms with Gasteiger partial charge in [-0.2, -0.15) is 0 Å². The number of carbonyl (C=O) groups excluding carboxylic acids is 1. The summed E-state index contributed by atoms with van der Waals surface area (Å²) in [6.07, 6.45) is 1.48. The van der Waals surface area contributed by atoms with Gasteiger partial charge in [0, 0.05) is 6.20 Å². The second-order valence-corrected chi connectivity index (χ2v) is 5.04. The van der Waals surface area contributed by atoms with Crippen LogP contribution in [0.5, 0.6) is 0 Å². The zero-order valence-electron chi connectivity index (χ0n) is 7.86. The molecule has 0 fully saturated rings. The van der Waals surface area contributed by atoms with Crippen molar-refractivity contribution in [3.63, 3.8) is 0 Å². The summed E-state index contributed by atoms with van der Waals surface area (Å²) in [6, 6.07) is 1.74. The van der Waals surface area contributed by atoms with E-state index in [1.54, 1.807) is 13.0 Å². The molecule has 6 heteroatoms. The minimum atomic E-state index is -0.351. The number of aromatic nitrogens is 2. The molecule has 78 valence electrons. The molecule has 0 amide bonds. The van der Waals surface area contributed by atoms with E-state index in [1.807, 2.05) is 0 Å². The molecule has 0 aliphatic rings. The summed E-state index contributed by atoms with van der Waals surface area (Å²) < 4.78 is 6.50. The molecule has 2 aromatic heterocycles. The summed E-state index contributed by atoms with van der Waals surface area (Å²) in [7, 11) is 0. The molecule has 0 N–H and O–H groups in total. The average molecular weight is 287 g/mol. The summed E-state index contributed by atoms with van der Waals surface area (Å²) >= 11 is 4.71. The number of halogens is 1. The van der Waals surface area contributed by atoms with Gasteiger partial charge in [-0.05, 0) is 28.9 Å². The van der Waals surface area contributed by atoms with Crippen LogP contribution in [0.15, 0.2) is 16.2 Å². The van der Waals surface area contributed by atoms with Crippen LogP contribution in [0.4, 0.5) is 0 Å². The van der Waals surface area contributed by atoms with Gasteiger partial charge in [0.1, 0.15) is 0 Å². The van der Waals surface area contributed by atoms with Crippen molar-refractivity contribution in [2.24, 2.45) is 0 Å². The summed E-state index contributed by atoms with van der Waals surface area (Å²) in [5, 5.41) is 0. The molecule has 0 bridgehead atoms. The van der Waals surface area contributed by atoms with E-state index in [0.717, 1.165) is 8.62 Å². The van der Waals surface area contributed by atoms with Gasteiger partial charge in [-0.1, -0.05) is 0 Å². The number of nitrogens with zero attached hydrogens (tertiary/aromatic N) is 2. The first-order valence-electron chi connectivity index (χ1n) is 4.30. The van der Waals surface area contributed by atoms with Crippen molar-refractivity contribution in [1.29, 1.82) is 0 Å². The number of ether oxygens (including phenoxy) is 1. The van der Waals surface area contributed by atoms with Crippen LogP contribution in [0.25, 0.3) is 10.3 Å². The number of carbonyl (C=O) groups is 1. The van der Waals surface area contributed by atoms with Crippen LogP contribution in [-0.2, 0) is 4.74 Å². The highest BCUT2D eigenvalue weighted by molar-refractivity contribution is 9.11. The van der Waals surface area contributed by atoms with Crippen LogP contribution < -0.4 is 0 Å². The van der Waals surface area contributed by atoms with Gasteiger partial charge in [0.2, 0.25) is 0 Å². The monoisotopic (exact) mass is 286 g/mol. The zero-order chi connectivity index (χ0) is 10.8. The highest BCUT2D eigenvalue weighted by Crippen LogP contribution is 2.25. The first-order chi connectivity index (χ1) is 7.20. The highest BCUT2D eigenvalue weighted by atomic mass is 79.9. The predicted molar refractivity (Wildman–Crippen MR) is 61.1 cm³/mol. The Labute approximate surface area is 98.4 Å². The van der Waals surface area contributed by atoms with E-state index >= 15 is 0 Å². The van der Waals surface area contributed by atoms with Crippen molar-refractivity contribution < 1.29 is 9.53 Å². The third kappa shape index (κ3) is 2.15. The number of esters is 1. The third-order valence-corrected chi connectivity index (χ3v) is 3.18. The molecular weight excluding hydrogens is 280 g/mol. The SMILES string of the molecule is CCOC(=O)c1cnc2nc(Br)sc2c1. The lowest BCUT2D eigenvalue weighted by Crippen LogP contribution is -2.04. The van der Waals surface area contributed by atoms with Crippen LogP contribution in [0.1, 0.15) is 17.3 Å². The molecule has 0 spiro atoms. The Morgan fingerprint density at radius 3 is 3.20 bits per heavy atom. The second-order valence-electron chi connectivity index (χ2n) is 2.73. The van der Waals surface area contributed by atoms with Crippen molar-refractivity contribution in [2.45, 2.75) is 6.92 Å². The number of rotatable bonds is 2. The maximum atomic E-state index is 11.4. The molecule has 2 heterocycles. The van der Waals surface area contributed by atoms with Gasteiger partial charge >= 0.3 is 5.97 Å². The first kappa shape index (κ1) is 10.5. The number of hydrogen-bond acceptors (Lipinski definition) is 5. The molecule has 0 atom stereocenters. The molecule has 0 saturated heterocycles. The fourth-order valence-electron chi connectivity index (χ4n) is 1.12. The standard InChI is InChI=1S/C9H7BrN2O2S/c1-2-14-8(13)5-3-6-7(11-4-5)12-9(10)15-6/h3-4H,2H2,1H3. The van der Waals surface area contributed by atoms with E-state index in [4.69, 9.17) is 4.74 Å². The molecule has 15 heavy (non-hydrogen) atoms. The minimum Gasteiger partial charge on any atom is -0.462 e. The third-order valence-electron chi connectivity index (χ3n) is 1.73. The molecular formula is C9H7BrN2O2S. The maximum Gasteiger partial charge on any atom is 0.339 e. The summed E-state index contributed by atoms with van der Waals surface area (Å²) in [6.45, 7) is 2.14. The minimum absolute atomic E-state index is 0.351. The summed E-state index contributed by atoms with van der Waals surface area (Å²) in [5.41, 5.74) is 1.10. The summed E-state index contributed by atoms with van der Waals surface area (Å²) in [4.78, 5) is 19.6. The van der Waals surface area contributed by atoms with E-state index in [0.29, 0.717) is 17.8 Å². The van der Waals surface area contributed by atoms with Gasteiger partial charge in [-0.25, -0.2) is 14.8 Å². The van der Waals surface area contributed by atoms with E-state index in [9.17, 15) is 4.79 Å². The number of hydrogen-bond donors (Lipinski definition) is 0. The molecule has 0 radical (unpaired) electrons. The van der Waals surface area contributed by atoms with Gasteiger partial charge in [-0.15, -0.1) is 11.3 Å². The lowest BCUT2D eigenvalue weighted by atomic mass is 10.3. The first-order valence-corrected chi connectivity index (χ1v) is 5.91. The van der Waals surface area contributed by atoms with E-state index in [-0.39, 0.29) is 5.97 Å². The Kier molecular flexibility index (Phi) is 2.97. The molecule has 0 aromatic carbocycles. The van der Waals surface area contributed by atoms with Crippen molar-refractivity contribution in [1.82, 2.24) is 9.97 Å². The van der Waals surface area contributed by atoms with Crippen molar-refractivity contribution in [3.05, 3.63) is 21.7 Å². The van der Waals surface area contributed by atoms with Crippen LogP contribution in [0, 0.1) is 0 Å². The van der Waals surface area contributed by atoms with Gasteiger partial charge in [0.05, 0.1) is 16.9 Å². The fourth-order valence-corrected chi connectivity index (χ4v) is 2.50. The normalized spacial score (nSPS) is 10.5. The van der Waals surface area contributed by atoms with E-state index in [1.165, 1.54) is 17.5 Å². The topological polar surface area (TPSA) is 52.1 Å². The predicted octanol–water partition coefficient (Wildman–Crippen LogP) is 2.63. The molecule has 4 nitrogen and oxygen atoms in total. The molecule has 0 aliphatic carbocycles. The van der Waals surface area contributed by atoms with Crippen molar-refractivity contribution >= 4 is 43.6 Å². The summed E-state index contributed by atoms with van der Waals surface area (Å²) in [5.74, 6) is -0.351. The molecule has 0 aliphatic heterocycles. The van der Waals surface area contributed by atoms with Gasteiger partial charge in [-0.3, -0.25) is 0 Å². The number of thiazole rings is 1. The Bertz CT molecular complexity index is 512. The molecule has 0 unspecified atom stereocenters. The van der Waals surface area contributed by atoms with Gasteiger partial charge in [0.25, 0.3) is 0 Å². The maximum absolute atomic E-state index is 11.4.